The summed E-state index contributed by atoms with van der Waals surface area (Å²) in [5.74, 6) is 0. The van der Waals surface area contributed by atoms with E-state index in [0.717, 1.165) is 30.9 Å². The highest BCUT2D eigenvalue weighted by molar-refractivity contribution is 5.78. The molecule has 0 atom stereocenters. The van der Waals surface area contributed by atoms with E-state index in [1.54, 1.807) is 6.07 Å². The molecule has 0 fully saturated rings. The van der Waals surface area contributed by atoms with Crippen LogP contribution in [-0.4, -0.2) is 0 Å². The van der Waals surface area contributed by atoms with E-state index in [1.807, 2.05) is 36.4 Å². The Labute approximate surface area is 134 Å². The second-order valence-corrected chi connectivity index (χ2v) is 5.29. The van der Waals surface area contributed by atoms with E-state index in [9.17, 15) is 13.2 Å². The van der Waals surface area contributed by atoms with Crippen LogP contribution in [0.1, 0.15) is 37.3 Å². The molecule has 0 aliphatic carbocycles. The van der Waals surface area contributed by atoms with E-state index in [2.05, 4.69) is 12.2 Å². The van der Waals surface area contributed by atoms with Crippen molar-refractivity contribution in [1.29, 1.82) is 0 Å². The third-order valence-corrected chi connectivity index (χ3v) is 3.49. The van der Waals surface area contributed by atoms with Gasteiger partial charge in [-0.2, -0.15) is 13.2 Å². The Kier molecular flexibility index (Phi) is 5.85. The van der Waals surface area contributed by atoms with Crippen LogP contribution < -0.4 is 5.32 Å². The first-order valence-electron chi connectivity index (χ1n) is 7.71. The lowest BCUT2D eigenvalue weighted by molar-refractivity contribution is -0.136. The van der Waals surface area contributed by atoms with Crippen molar-refractivity contribution >= 4 is 11.4 Å². The minimum Gasteiger partial charge on any atom is -0.355 e. The molecular formula is C19H20F3N. The lowest BCUT2D eigenvalue weighted by Crippen LogP contribution is -2.10. The quantitative estimate of drug-likeness (QED) is 0.612. The van der Waals surface area contributed by atoms with Crippen LogP contribution in [0, 0.1) is 0 Å². The van der Waals surface area contributed by atoms with Gasteiger partial charge in [0.05, 0.1) is 11.3 Å². The van der Waals surface area contributed by atoms with Gasteiger partial charge in [-0.25, -0.2) is 0 Å². The maximum absolute atomic E-state index is 13.1. The second-order valence-electron chi connectivity index (χ2n) is 5.29. The Bertz CT molecular complexity index is 645. The van der Waals surface area contributed by atoms with E-state index < -0.39 is 11.7 Å². The van der Waals surface area contributed by atoms with Crippen LogP contribution in [0.4, 0.5) is 18.9 Å². The fourth-order valence-corrected chi connectivity index (χ4v) is 2.29. The summed E-state index contributed by atoms with van der Waals surface area (Å²) in [5, 5.41) is 2.97. The smallest absolute Gasteiger partial charge is 0.355 e. The minimum atomic E-state index is -4.38. The standard InChI is InChI=1S/C19H20F3N/c1-2-3-5-13-17(15-10-6-4-7-11-15)23-18-14-9-8-12-16(18)19(20,21)22/h4,6-14,23H,2-3,5H2,1H3. The Balaban J connectivity index is 2.34. The van der Waals surface area contributed by atoms with Crippen molar-refractivity contribution in [2.24, 2.45) is 0 Å². The predicted octanol–water partition coefficient (Wildman–Crippen LogP) is 6.35. The lowest BCUT2D eigenvalue weighted by atomic mass is 10.1. The van der Waals surface area contributed by atoms with E-state index in [4.69, 9.17) is 0 Å². The number of allylic oxidation sites excluding steroid dienone is 1. The van der Waals surface area contributed by atoms with E-state index in [1.165, 1.54) is 12.1 Å². The Hall–Kier alpha value is -2.23. The number of anilines is 1. The second kappa shape index (κ2) is 7.86. The molecule has 1 N–H and O–H groups in total. The Morgan fingerprint density at radius 2 is 1.65 bits per heavy atom. The third-order valence-electron chi connectivity index (χ3n) is 3.49. The zero-order chi connectivity index (χ0) is 16.7. The average Bonchev–Trinajstić information content (AvgIpc) is 2.54. The van der Waals surface area contributed by atoms with Crippen LogP contribution in [0.2, 0.25) is 0 Å². The van der Waals surface area contributed by atoms with Gasteiger partial charge in [0.2, 0.25) is 0 Å². The fraction of sp³-hybridized carbons (Fsp3) is 0.263. The molecule has 0 heterocycles. The fourth-order valence-electron chi connectivity index (χ4n) is 2.29. The molecule has 2 aromatic carbocycles. The van der Waals surface area contributed by atoms with Crippen molar-refractivity contribution in [3.05, 3.63) is 71.8 Å². The van der Waals surface area contributed by atoms with E-state index in [0.29, 0.717) is 5.70 Å². The van der Waals surface area contributed by atoms with Crippen LogP contribution in [0.25, 0.3) is 5.70 Å². The largest absolute Gasteiger partial charge is 0.418 e. The van der Waals surface area contributed by atoms with Gasteiger partial charge in [-0.1, -0.05) is 61.9 Å². The SMILES string of the molecule is CCCCC=C(Nc1ccccc1C(F)(F)F)c1ccccc1. The summed E-state index contributed by atoms with van der Waals surface area (Å²) in [7, 11) is 0. The molecule has 0 aliphatic rings. The Morgan fingerprint density at radius 3 is 2.30 bits per heavy atom. The average molecular weight is 319 g/mol. The van der Waals surface area contributed by atoms with Crippen molar-refractivity contribution in [3.8, 4) is 0 Å². The predicted molar refractivity (Wildman–Crippen MR) is 89.0 cm³/mol. The number of hydrogen-bond donors (Lipinski definition) is 1. The summed E-state index contributed by atoms with van der Waals surface area (Å²) in [5.41, 5.74) is 1.00. The number of hydrogen-bond acceptors (Lipinski definition) is 1. The molecule has 1 nitrogen and oxygen atoms in total. The van der Waals surface area contributed by atoms with Gasteiger partial charge in [-0.15, -0.1) is 0 Å². The summed E-state index contributed by atoms with van der Waals surface area (Å²) < 4.78 is 39.4. The number of rotatable bonds is 6. The minimum absolute atomic E-state index is 0.0756. The molecule has 23 heavy (non-hydrogen) atoms. The first-order chi connectivity index (χ1) is 11.0. The molecule has 2 aromatic rings. The molecule has 0 amide bonds. The molecule has 122 valence electrons. The number of para-hydroxylation sites is 1. The van der Waals surface area contributed by atoms with Gasteiger partial charge in [-0.05, 0) is 30.5 Å². The van der Waals surface area contributed by atoms with Crippen molar-refractivity contribution < 1.29 is 13.2 Å². The number of nitrogens with one attached hydrogen (secondary N) is 1. The van der Waals surface area contributed by atoms with Gasteiger partial charge >= 0.3 is 6.18 Å². The monoisotopic (exact) mass is 319 g/mol. The molecule has 4 heteroatoms. The van der Waals surface area contributed by atoms with Gasteiger partial charge in [0.1, 0.15) is 0 Å². The van der Waals surface area contributed by atoms with E-state index >= 15 is 0 Å². The highest BCUT2D eigenvalue weighted by atomic mass is 19.4. The molecule has 0 spiro atoms. The summed E-state index contributed by atoms with van der Waals surface area (Å²) in [6.07, 6.45) is 0.444. The number of alkyl halides is 3. The summed E-state index contributed by atoms with van der Waals surface area (Å²) in [4.78, 5) is 0. The maximum Gasteiger partial charge on any atom is 0.418 e. The number of unbranched alkanes of at least 4 members (excludes halogenated alkanes) is 2. The van der Waals surface area contributed by atoms with Crippen LogP contribution in [0.15, 0.2) is 60.7 Å². The molecule has 0 aromatic heterocycles. The highest BCUT2D eigenvalue weighted by Gasteiger charge is 2.33. The molecule has 0 aliphatic heterocycles. The molecule has 0 saturated heterocycles. The zero-order valence-electron chi connectivity index (χ0n) is 13.0. The topological polar surface area (TPSA) is 12.0 Å². The number of benzene rings is 2. The Morgan fingerprint density at radius 1 is 1.00 bits per heavy atom. The van der Waals surface area contributed by atoms with Crippen molar-refractivity contribution in [3.63, 3.8) is 0 Å². The normalized spacial score (nSPS) is 12.3. The summed E-state index contributed by atoms with van der Waals surface area (Å²) in [6.45, 7) is 2.09. The third kappa shape index (κ3) is 4.88. The van der Waals surface area contributed by atoms with Crippen molar-refractivity contribution in [2.75, 3.05) is 5.32 Å². The lowest BCUT2D eigenvalue weighted by Gasteiger charge is -2.17. The van der Waals surface area contributed by atoms with Gasteiger partial charge in [-0.3, -0.25) is 0 Å². The van der Waals surface area contributed by atoms with Gasteiger partial charge in [0.15, 0.2) is 0 Å². The first kappa shape index (κ1) is 17.1. The maximum atomic E-state index is 13.1. The van der Waals surface area contributed by atoms with E-state index in [-0.39, 0.29) is 5.69 Å². The van der Waals surface area contributed by atoms with Crippen LogP contribution >= 0.6 is 0 Å². The first-order valence-corrected chi connectivity index (χ1v) is 7.71. The van der Waals surface area contributed by atoms with Crippen LogP contribution in [0.3, 0.4) is 0 Å². The highest BCUT2D eigenvalue weighted by Crippen LogP contribution is 2.35. The molecule has 2 rings (SSSR count). The summed E-state index contributed by atoms with van der Waals surface area (Å²) in [6, 6.07) is 15.0. The van der Waals surface area contributed by atoms with Gasteiger partial charge in [0.25, 0.3) is 0 Å². The molecule has 0 radical (unpaired) electrons. The van der Waals surface area contributed by atoms with Crippen molar-refractivity contribution in [1.82, 2.24) is 0 Å². The zero-order valence-corrected chi connectivity index (χ0v) is 13.0. The van der Waals surface area contributed by atoms with Gasteiger partial charge < -0.3 is 5.32 Å². The van der Waals surface area contributed by atoms with Crippen LogP contribution in [-0.2, 0) is 6.18 Å². The molecular weight excluding hydrogens is 299 g/mol. The van der Waals surface area contributed by atoms with Crippen LogP contribution in [0.5, 0.6) is 0 Å². The number of halogens is 3. The molecule has 0 bridgehead atoms. The molecule has 0 unspecified atom stereocenters. The van der Waals surface area contributed by atoms with Gasteiger partial charge in [0, 0.05) is 5.70 Å². The molecule has 0 saturated carbocycles. The van der Waals surface area contributed by atoms with Crippen molar-refractivity contribution in [2.45, 2.75) is 32.4 Å². The summed E-state index contributed by atoms with van der Waals surface area (Å²) >= 11 is 0.